The Bertz CT molecular complexity index is 495. The topological polar surface area (TPSA) is 96.9 Å². The standard InChI is InChI=1S/C12H15N3O3/c1-14-12(13)9(15-7-16)5-8-3-4-10(17)11(6-8)18-2/h3-7,17H,1-2H3,(H2,13,14)(H,15,16)/b9-5-. The summed E-state index contributed by atoms with van der Waals surface area (Å²) < 4.78 is 4.98. The van der Waals surface area contributed by atoms with Crippen LogP contribution in [0.2, 0.25) is 0 Å². The number of methoxy groups -OCH3 is 1. The highest BCUT2D eigenvalue weighted by molar-refractivity contribution is 6.01. The minimum Gasteiger partial charge on any atom is -0.504 e. The van der Waals surface area contributed by atoms with Gasteiger partial charge in [0.05, 0.1) is 12.8 Å². The summed E-state index contributed by atoms with van der Waals surface area (Å²) in [6.07, 6.45) is 2.14. The maximum atomic E-state index is 10.5. The third kappa shape index (κ3) is 3.24. The number of amidine groups is 1. The van der Waals surface area contributed by atoms with Gasteiger partial charge in [0, 0.05) is 7.05 Å². The number of hydrogen-bond donors (Lipinski definition) is 3. The Labute approximate surface area is 105 Å². The van der Waals surface area contributed by atoms with Crippen LogP contribution in [0.15, 0.2) is 28.9 Å². The van der Waals surface area contributed by atoms with Crippen LogP contribution in [-0.2, 0) is 4.79 Å². The summed E-state index contributed by atoms with van der Waals surface area (Å²) in [5.74, 6) is 0.576. The number of aliphatic imine (C=N–C) groups is 1. The van der Waals surface area contributed by atoms with Gasteiger partial charge in [0.1, 0.15) is 5.84 Å². The monoisotopic (exact) mass is 249 g/mol. The maximum Gasteiger partial charge on any atom is 0.211 e. The lowest BCUT2D eigenvalue weighted by atomic mass is 10.1. The average molecular weight is 249 g/mol. The number of aromatic hydroxyl groups is 1. The van der Waals surface area contributed by atoms with E-state index in [0.717, 1.165) is 0 Å². The van der Waals surface area contributed by atoms with Gasteiger partial charge in [-0.3, -0.25) is 9.79 Å². The molecule has 1 rings (SSSR count). The fraction of sp³-hybridized carbons (Fsp3) is 0.167. The summed E-state index contributed by atoms with van der Waals surface area (Å²) >= 11 is 0. The molecule has 0 bridgehead atoms. The summed E-state index contributed by atoms with van der Waals surface area (Å²) in [6.45, 7) is 0. The fourth-order valence-electron chi connectivity index (χ4n) is 1.32. The number of carbonyl (C=O) groups is 1. The molecule has 18 heavy (non-hydrogen) atoms. The van der Waals surface area contributed by atoms with E-state index in [2.05, 4.69) is 10.3 Å². The molecule has 4 N–H and O–H groups in total. The molecule has 0 radical (unpaired) electrons. The van der Waals surface area contributed by atoms with Crippen LogP contribution >= 0.6 is 0 Å². The number of hydrogen-bond acceptors (Lipinski definition) is 4. The lowest BCUT2D eigenvalue weighted by molar-refractivity contribution is -0.108. The van der Waals surface area contributed by atoms with E-state index in [-0.39, 0.29) is 11.6 Å². The number of phenolic OH excluding ortho intramolecular Hbond substituents is 1. The van der Waals surface area contributed by atoms with Crippen molar-refractivity contribution < 1.29 is 14.6 Å². The van der Waals surface area contributed by atoms with Crippen LogP contribution in [0.3, 0.4) is 0 Å². The number of carbonyl (C=O) groups excluding carboxylic acids is 1. The van der Waals surface area contributed by atoms with E-state index in [1.807, 2.05) is 0 Å². The third-order valence-electron chi connectivity index (χ3n) is 2.25. The molecule has 0 spiro atoms. The van der Waals surface area contributed by atoms with Crippen molar-refractivity contribution in [2.75, 3.05) is 14.2 Å². The van der Waals surface area contributed by atoms with Crippen LogP contribution in [0.25, 0.3) is 6.08 Å². The van der Waals surface area contributed by atoms with Gasteiger partial charge in [-0.15, -0.1) is 0 Å². The number of amides is 1. The lowest BCUT2D eigenvalue weighted by Gasteiger charge is -2.07. The summed E-state index contributed by atoms with van der Waals surface area (Å²) in [4.78, 5) is 14.3. The van der Waals surface area contributed by atoms with Crippen LogP contribution in [0.5, 0.6) is 11.5 Å². The van der Waals surface area contributed by atoms with Crippen LogP contribution in [-0.4, -0.2) is 31.5 Å². The molecule has 0 atom stereocenters. The van der Waals surface area contributed by atoms with Gasteiger partial charge in [0.2, 0.25) is 6.41 Å². The second-order valence-electron chi connectivity index (χ2n) is 3.36. The van der Waals surface area contributed by atoms with Crippen molar-refractivity contribution in [1.82, 2.24) is 5.32 Å². The molecule has 0 heterocycles. The Kier molecular flexibility index (Phi) is 4.74. The molecule has 1 aromatic carbocycles. The van der Waals surface area contributed by atoms with Gasteiger partial charge < -0.3 is 20.9 Å². The Morgan fingerprint density at radius 1 is 1.56 bits per heavy atom. The van der Waals surface area contributed by atoms with Gasteiger partial charge in [-0.1, -0.05) is 6.07 Å². The number of nitrogens with zero attached hydrogens (tertiary/aromatic N) is 1. The average Bonchev–Trinajstić information content (AvgIpc) is 2.39. The first-order chi connectivity index (χ1) is 8.62. The van der Waals surface area contributed by atoms with Crippen LogP contribution in [0.1, 0.15) is 5.56 Å². The fourth-order valence-corrected chi connectivity index (χ4v) is 1.32. The van der Waals surface area contributed by atoms with Gasteiger partial charge in [-0.2, -0.15) is 0 Å². The molecular formula is C12H15N3O3. The highest BCUT2D eigenvalue weighted by Gasteiger charge is 2.04. The Morgan fingerprint density at radius 3 is 2.83 bits per heavy atom. The lowest BCUT2D eigenvalue weighted by Crippen LogP contribution is -2.25. The first kappa shape index (κ1) is 13.6. The maximum absolute atomic E-state index is 10.5. The van der Waals surface area contributed by atoms with Crippen molar-refractivity contribution >= 4 is 18.3 Å². The zero-order chi connectivity index (χ0) is 13.5. The molecule has 0 unspecified atom stereocenters. The molecule has 0 aliphatic rings. The molecule has 6 nitrogen and oxygen atoms in total. The van der Waals surface area contributed by atoms with Crippen molar-refractivity contribution in [2.45, 2.75) is 0 Å². The number of nitrogens with one attached hydrogen (secondary N) is 1. The first-order valence-corrected chi connectivity index (χ1v) is 5.14. The second kappa shape index (κ2) is 6.29. The van der Waals surface area contributed by atoms with Crippen LogP contribution < -0.4 is 15.8 Å². The summed E-state index contributed by atoms with van der Waals surface area (Å²) in [5, 5.41) is 11.9. The molecule has 0 aliphatic heterocycles. The van der Waals surface area contributed by atoms with Crippen molar-refractivity contribution in [1.29, 1.82) is 0 Å². The summed E-state index contributed by atoms with van der Waals surface area (Å²) in [7, 11) is 2.97. The normalized spacial score (nSPS) is 12.1. The van der Waals surface area contributed by atoms with Crippen molar-refractivity contribution in [3.63, 3.8) is 0 Å². The predicted octanol–water partition coefficient (Wildman–Crippen LogP) is 0.475. The van der Waals surface area contributed by atoms with Gasteiger partial charge >= 0.3 is 0 Å². The molecule has 1 amide bonds. The van der Waals surface area contributed by atoms with Gasteiger partial charge in [-0.05, 0) is 23.8 Å². The number of benzene rings is 1. The molecular weight excluding hydrogens is 234 g/mol. The minimum absolute atomic E-state index is 0.0386. The van der Waals surface area contributed by atoms with E-state index < -0.39 is 0 Å². The third-order valence-corrected chi connectivity index (χ3v) is 2.25. The van der Waals surface area contributed by atoms with E-state index in [1.54, 1.807) is 18.2 Å². The summed E-state index contributed by atoms with van der Waals surface area (Å²) in [6, 6.07) is 4.76. The van der Waals surface area contributed by atoms with E-state index in [1.165, 1.54) is 20.2 Å². The molecule has 6 heteroatoms. The molecule has 0 aromatic heterocycles. The number of rotatable bonds is 5. The number of phenols is 1. The smallest absolute Gasteiger partial charge is 0.211 e. The van der Waals surface area contributed by atoms with Crippen LogP contribution in [0, 0.1) is 0 Å². The molecule has 0 aliphatic carbocycles. The quantitative estimate of drug-likeness (QED) is 0.401. The van der Waals surface area contributed by atoms with E-state index in [4.69, 9.17) is 10.5 Å². The molecule has 1 aromatic rings. The van der Waals surface area contributed by atoms with Crippen molar-refractivity contribution in [3.8, 4) is 11.5 Å². The SMILES string of the molecule is CN=C(N)/C(=C/c1ccc(O)c(OC)c1)NC=O. The highest BCUT2D eigenvalue weighted by Crippen LogP contribution is 2.26. The Hall–Kier alpha value is -2.50. The van der Waals surface area contributed by atoms with E-state index in [9.17, 15) is 9.90 Å². The Balaban J connectivity index is 3.15. The summed E-state index contributed by atoms with van der Waals surface area (Å²) in [5.41, 5.74) is 6.72. The Morgan fingerprint density at radius 2 is 2.28 bits per heavy atom. The predicted molar refractivity (Wildman–Crippen MR) is 69.4 cm³/mol. The largest absolute Gasteiger partial charge is 0.504 e. The molecule has 0 fully saturated rings. The molecule has 0 saturated heterocycles. The highest BCUT2D eigenvalue weighted by atomic mass is 16.5. The zero-order valence-electron chi connectivity index (χ0n) is 10.2. The second-order valence-corrected chi connectivity index (χ2v) is 3.36. The first-order valence-electron chi connectivity index (χ1n) is 5.14. The number of nitrogens with two attached hydrogens (primary N) is 1. The van der Waals surface area contributed by atoms with Crippen LogP contribution in [0.4, 0.5) is 0 Å². The van der Waals surface area contributed by atoms with Gasteiger partial charge in [-0.25, -0.2) is 0 Å². The molecule has 0 saturated carbocycles. The van der Waals surface area contributed by atoms with E-state index in [0.29, 0.717) is 23.4 Å². The van der Waals surface area contributed by atoms with Crippen molar-refractivity contribution in [2.24, 2.45) is 10.7 Å². The minimum atomic E-state index is 0.0386. The van der Waals surface area contributed by atoms with Gasteiger partial charge in [0.15, 0.2) is 11.5 Å². The van der Waals surface area contributed by atoms with Crippen molar-refractivity contribution in [3.05, 3.63) is 29.5 Å². The zero-order valence-corrected chi connectivity index (χ0v) is 10.2. The van der Waals surface area contributed by atoms with Gasteiger partial charge in [0.25, 0.3) is 0 Å². The number of ether oxygens (including phenoxy) is 1. The van der Waals surface area contributed by atoms with E-state index >= 15 is 0 Å². The molecule has 96 valence electrons.